The van der Waals surface area contributed by atoms with Gasteiger partial charge in [0.1, 0.15) is 11.1 Å². The summed E-state index contributed by atoms with van der Waals surface area (Å²) in [6.45, 7) is 7.28. The van der Waals surface area contributed by atoms with Crippen molar-refractivity contribution < 1.29 is 19.1 Å². The third-order valence-corrected chi connectivity index (χ3v) is 3.22. The van der Waals surface area contributed by atoms with Crippen molar-refractivity contribution in [2.45, 2.75) is 56.9 Å². The summed E-state index contributed by atoms with van der Waals surface area (Å²) in [5, 5.41) is 2.82. The molecule has 1 fully saturated rings. The largest absolute Gasteiger partial charge is 0.467 e. The predicted molar refractivity (Wildman–Crippen MR) is 75.3 cm³/mol. The fourth-order valence-electron chi connectivity index (χ4n) is 2.15. The van der Waals surface area contributed by atoms with Gasteiger partial charge in [0.05, 0.1) is 7.11 Å². The fraction of sp³-hybridized carbons (Fsp3) is 0.846. The fourth-order valence-corrected chi connectivity index (χ4v) is 2.40. The van der Waals surface area contributed by atoms with Crippen molar-refractivity contribution in [2.75, 3.05) is 7.11 Å². The van der Waals surface area contributed by atoms with E-state index in [1.54, 1.807) is 20.8 Å². The standard InChI is InChI=1S/C13H23NO4S/c1-8(19)6-9-7-13(9,10(15)17-5)14-11(16)18-12(2,3)4/h8-9,19H,6-7H2,1-5H3,(H,14,16). The van der Waals surface area contributed by atoms with Crippen LogP contribution in [-0.2, 0) is 14.3 Å². The van der Waals surface area contributed by atoms with Crippen LogP contribution in [0.2, 0.25) is 0 Å². The quantitative estimate of drug-likeness (QED) is 0.615. The monoisotopic (exact) mass is 289 g/mol. The molecule has 0 aromatic carbocycles. The molecule has 1 amide bonds. The summed E-state index contributed by atoms with van der Waals surface area (Å²) >= 11 is 4.32. The third kappa shape index (κ3) is 4.30. The van der Waals surface area contributed by atoms with Gasteiger partial charge in [0.15, 0.2) is 0 Å². The van der Waals surface area contributed by atoms with Crippen LogP contribution >= 0.6 is 12.6 Å². The van der Waals surface area contributed by atoms with Crippen LogP contribution in [0.15, 0.2) is 0 Å². The summed E-state index contributed by atoms with van der Waals surface area (Å²) in [5.41, 5.74) is -1.53. The molecule has 0 aliphatic heterocycles. The molecule has 6 heteroatoms. The molecular weight excluding hydrogens is 266 g/mol. The van der Waals surface area contributed by atoms with Gasteiger partial charge in [-0.1, -0.05) is 6.92 Å². The number of nitrogens with one attached hydrogen (secondary N) is 1. The maximum absolute atomic E-state index is 11.9. The Labute approximate surface area is 119 Å². The summed E-state index contributed by atoms with van der Waals surface area (Å²) in [7, 11) is 1.32. The van der Waals surface area contributed by atoms with E-state index in [0.717, 1.165) is 6.42 Å². The highest BCUT2D eigenvalue weighted by Crippen LogP contribution is 2.48. The minimum absolute atomic E-state index is 0.0555. The summed E-state index contributed by atoms with van der Waals surface area (Å²) in [4.78, 5) is 23.7. The maximum Gasteiger partial charge on any atom is 0.408 e. The number of hydrogen-bond acceptors (Lipinski definition) is 5. The van der Waals surface area contributed by atoms with Crippen LogP contribution in [0.3, 0.4) is 0 Å². The smallest absolute Gasteiger partial charge is 0.408 e. The van der Waals surface area contributed by atoms with Crippen molar-refractivity contribution in [2.24, 2.45) is 5.92 Å². The second-order valence-electron chi connectivity index (χ2n) is 6.08. The molecule has 0 radical (unpaired) electrons. The molecule has 1 saturated carbocycles. The molecule has 3 unspecified atom stereocenters. The molecular formula is C13H23NO4S. The van der Waals surface area contributed by atoms with Crippen LogP contribution < -0.4 is 5.32 Å². The van der Waals surface area contributed by atoms with Crippen molar-refractivity contribution >= 4 is 24.7 Å². The van der Waals surface area contributed by atoms with Crippen LogP contribution in [0.25, 0.3) is 0 Å². The number of carbonyl (C=O) groups is 2. The van der Waals surface area contributed by atoms with Crippen molar-refractivity contribution in [3.8, 4) is 0 Å². The number of amides is 1. The molecule has 1 rings (SSSR count). The molecule has 0 aromatic heterocycles. The first kappa shape index (κ1) is 16.1. The molecule has 1 N–H and O–H groups in total. The molecule has 110 valence electrons. The SMILES string of the molecule is COC(=O)C1(NC(=O)OC(C)(C)C)CC1CC(C)S. The van der Waals surface area contributed by atoms with E-state index in [2.05, 4.69) is 17.9 Å². The van der Waals surface area contributed by atoms with Crippen molar-refractivity contribution in [3.05, 3.63) is 0 Å². The first-order valence-corrected chi connectivity index (χ1v) is 6.90. The third-order valence-electron chi connectivity index (χ3n) is 3.00. The van der Waals surface area contributed by atoms with Crippen LogP contribution in [0.5, 0.6) is 0 Å². The lowest BCUT2D eigenvalue weighted by Gasteiger charge is -2.23. The number of hydrogen-bond donors (Lipinski definition) is 2. The minimum atomic E-state index is -0.936. The molecule has 3 atom stereocenters. The molecule has 0 saturated heterocycles. The van der Waals surface area contributed by atoms with Crippen molar-refractivity contribution in [1.82, 2.24) is 5.32 Å². The molecule has 0 bridgehead atoms. The number of esters is 1. The summed E-state index contributed by atoms with van der Waals surface area (Å²) in [6, 6.07) is 0. The number of methoxy groups -OCH3 is 1. The number of rotatable bonds is 4. The first-order valence-electron chi connectivity index (χ1n) is 6.38. The van der Waals surface area contributed by atoms with E-state index in [9.17, 15) is 9.59 Å². The van der Waals surface area contributed by atoms with E-state index >= 15 is 0 Å². The Morgan fingerprint density at radius 1 is 1.47 bits per heavy atom. The Morgan fingerprint density at radius 2 is 2.05 bits per heavy atom. The summed E-state index contributed by atoms with van der Waals surface area (Å²) in [6.07, 6.45) is 0.727. The Bertz CT molecular complexity index is 364. The van der Waals surface area contributed by atoms with Gasteiger partial charge >= 0.3 is 12.1 Å². The molecule has 0 aromatic rings. The van der Waals surface area contributed by atoms with Crippen LogP contribution in [0.1, 0.15) is 40.5 Å². The highest BCUT2D eigenvalue weighted by Gasteiger charge is 2.62. The Morgan fingerprint density at radius 3 is 2.47 bits per heavy atom. The normalized spacial score (nSPS) is 27.4. The number of ether oxygens (including phenoxy) is 2. The number of thiol groups is 1. The molecule has 1 aliphatic rings. The van der Waals surface area contributed by atoms with E-state index in [1.165, 1.54) is 7.11 Å². The Kier molecular flexibility index (Phi) is 4.76. The van der Waals surface area contributed by atoms with Crippen LogP contribution in [-0.4, -0.2) is 35.6 Å². The average Bonchev–Trinajstić information content (AvgIpc) is 2.86. The molecule has 0 heterocycles. The van der Waals surface area contributed by atoms with E-state index in [1.807, 2.05) is 6.92 Å². The lowest BCUT2D eigenvalue weighted by molar-refractivity contribution is -0.144. The maximum atomic E-state index is 11.9. The zero-order valence-corrected chi connectivity index (χ0v) is 13.0. The lowest BCUT2D eigenvalue weighted by Crippen LogP contribution is -2.47. The van der Waals surface area contributed by atoms with Gasteiger partial charge in [-0.25, -0.2) is 9.59 Å². The van der Waals surface area contributed by atoms with Crippen LogP contribution in [0, 0.1) is 5.92 Å². The minimum Gasteiger partial charge on any atom is -0.467 e. The van der Waals surface area contributed by atoms with Crippen molar-refractivity contribution in [1.29, 1.82) is 0 Å². The topological polar surface area (TPSA) is 64.6 Å². The summed E-state index contributed by atoms with van der Waals surface area (Å²) < 4.78 is 9.97. The van der Waals surface area contributed by atoms with Gasteiger partial charge in [-0.3, -0.25) is 0 Å². The van der Waals surface area contributed by atoms with E-state index < -0.39 is 23.2 Å². The summed E-state index contributed by atoms with van der Waals surface area (Å²) in [5.74, 6) is -0.364. The molecule has 1 aliphatic carbocycles. The lowest BCUT2D eigenvalue weighted by atomic mass is 10.1. The van der Waals surface area contributed by atoms with E-state index in [0.29, 0.717) is 6.42 Å². The van der Waals surface area contributed by atoms with E-state index in [-0.39, 0.29) is 11.2 Å². The van der Waals surface area contributed by atoms with Gasteiger partial charge in [-0.2, -0.15) is 12.6 Å². The molecule has 0 spiro atoms. The van der Waals surface area contributed by atoms with Gasteiger partial charge in [-0.15, -0.1) is 0 Å². The van der Waals surface area contributed by atoms with Gasteiger partial charge in [0, 0.05) is 0 Å². The van der Waals surface area contributed by atoms with E-state index in [4.69, 9.17) is 9.47 Å². The predicted octanol–water partition coefficient (Wildman–Crippen LogP) is 2.15. The second kappa shape index (κ2) is 5.61. The number of alkyl carbamates (subject to hydrolysis) is 1. The first-order chi connectivity index (χ1) is 8.60. The molecule has 19 heavy (non-hydrogen) atoms. The highest BCUT2D eigenvalue weighted by molar-refractivity contribution is 7.80. The Balaban J connectivity index is 2.69. The Hall–Kier alpha value is -0.910. The zero-order valence-electron chi connectivity index (χ0n) is 12.1. The zero-order chi connectivity index (χ0) is 14.8. The van der Waals surface area contributed by atoms with Gasteiger partial charge in [0.2, 0.25) is 0 Å². The highest BCUT2D eigenvalue weighted by atomic mass is 32.1. The second-order valence-corrected chi connectivity index (χ2v) is 6.96. The van der Waals surface area contributed by atoms with Gasteiger partial charge in [0.25, 0.3) is 0 Å². The average molecular weight is 289 g/mol. The molecule has 5 nitrogen and oxygen atoms in total. The van der Waals surface area contributed by atoms with Crippen molar-refractivity contribution in [3.63, 3.8) is 0 Å². The van der Waals surface area contributed by atoms with Gasteiger partial charge < -0.3 is 14.8 Å². The van der Waals surface area contributed by atoms with Crippen LogP contribution in [0.4, 0.5) is 4.79 Å². The number of carbonyl (C=O) groups excluding carboxylic acids is 2. The van der Waals surface area contributed by atoms with Gasteiger partial charge in [-0.05, 0) is 44.8 Å².